The molecule has 2 aromatic carbocycles. The number of nitrogens with zero attached hydrogens (tertiary/aromatic N) is 3. The van der Waals surface area contributed by atoms with Gasteiger partial charge in [0.15, 0.2) is 0 Å². The van der Waals surface area contributed by atoms with Crippen molar-refractivity contribution in [3.63, 3.8) is 0 Å². The molecule has 0 unspecified atom stereocenters. The smallest absolute Gasteiger partial charge is 0.251 e. The Kier molecular flexibility index (Phi) is 4.47. The topological polar surface area (TPSA) is 59.8 Å². The van der Waals surface area contributed by atoms with Crippen LogP contribution in [0.1, 0.15) is 28.8 Å². The fourth-order valence-electron chi connectivity index (χ4n) is 2.35. The fourth-order valence-corrected chi connectivity index (χ4v) is 2.35. The van der Waals surface area contributed by atoms with Crippen LogP contribution in [0.2, 0.25) is 0 Å². The summed E-state index contributed by atoms with van der Waals surface area (Å²) in [6.07, 6.45) is 3.10. The standard InChI is InChI=1S/C18H18N4O/c1-14(15-5-3-2-4-6-15)11-20-18(23)16-7-9-17(10-8-16)22-13-19-12-21-22/h2-10,12-14H,11H2,1H3,(H,20,23)/t14-/m1/s1. The average molecular weight is 306 g/mol. The summed E-state index contributed by atoms with van der Waals surface area (Å²) in [6.45, 7) is 2.71. The second kappa shape index (κ2) is 6.87. The summed E-state index contributed by atoms with van der Waals surface area (Å²) in [5.41, 5.74) is 2.72. The van der Waals surface area contributed by atoms with Gasteiger partial charge in [-0.2, -0.15) is 5.10 Å². The number of amides is 1. The molecule has 1 N–H and O–H groups in total. The van der Waals surface area contributed by atoms with E-state index in [1.807, 2.05) is 30.3 Å². The van der Waals surface area contributed by atoms with Crippen molar-refractivity contribution in [2.75, 3.05) is 6.54 Å². The van der Waals surface area contributed by atoms with Crippen LogP contribution in [0, 0.1) is 0 Å². The van der Waals surface area contributed by atoms with Crippen LogP contribution in [-0.4, -0.2) is 27.2 Å². The monoisotopic (exact) mass is 306 g/mol. The number of benzene rings is 2. The molecule has 0 aliphatic rings. The maximum Gasteiger partial charge on any atom is 0.251 e. The molecule has 0 fully saturated rings. The Morgan fingerprint density at radius 3 is 2.52 bits per heavy atom. The lowest BCUT2D eigenvalue weighted by atomic mass is 10.0. The van der Waals surface area contributed by atoms with Gasteiger partial charge in [0, 0.05) is 12.1 Å². The first kappa shape index (κ1) is 15.0. The molecule has 5 heteroatoms. The second-order valence-corrected chi connectivity index (χ2v) is 5.41. The SMILES string of the molecule is C[C@H](CNC(=O)c1ccc(-n2cncn2)cc1)c1ccccc1. The van der Waals surface area contributed by atoms with E-state index < -0.39 is 0 Å². The predicted octanol–water partition coefficient (Wildman–Crippen LogP) is 2.80. The van der Waals surface area contributed by atoms with E-state index in [2.05, 4.69) is 34.5 Å². The number of carbonyl (C=O) groups excluding carboxylic acids is 1. The van der Waals surface area contributed by atoms with Crippen molar-refractivity contribution in [1.29, 1.82) is 0 Å². The maximum absolute atomic E-state index is 12.2. The Bertz CT molecular complexity index is 751. The Labute approximate surface area is 135 Å². The van der Waals surface area contributed by atoms with E-state index in [1.54, 1.807) is 23.1 Å². The molecular formula is C18H18N4O. The van der Waals surface area contributed by atoms with E-state index in [1.165, 1.54) is 11.9 Å². The number of nitrogens with one attached hydrogen (secondary N) is 1. The zero-order valence-electron chi connectivity index (χ0n) is 12.9. The van der Waals surface area contributed by atoms with Gasteiger partial charge in [-0.3, -0.25) is 4.79 Å². The van der Waals surface area contributed by atoms with Crippen LogP contribution in [0.25, 0.3) is 5.69 Å². The van der Waals surface area contributed by atoms with E-state index in [0.29, 0.717) is 12.1 Å². The van der Waals surface area contributed by atoms with Gasteiger partial charge in [0.25, 0.3) is 5.91 Å². The van der Waals surface area contributed by atoms with Crippen molar-refractivity contribution < 1.29 is 4.79 Å². The highest BCUT2D eigenvalue weighted by atomic mass is 16.1. The van der Waals surface area contributed by atoms with Crippen molar-refractivity contribution in [1.82, 2.24) is 20.1 Å². The molecular weight excluding hydrogens is 288 g/mol. The Hall–Kier alpha value is -2.95. The lowest BCUT2D eigenvalue weighted by Crippen LogP contribution is -2.27. The molecule has 0 aliphatic carbocycles. The number of hydrogen-bond donors (Lipinski definition) is 1. The first-order chi connectivity index (χ1) is 11.2. The van der Waals surface area contributed by atoms with Gasteiger partial charge in [-0.15, -0.1) is 0 Å². The van der Waals surface area contributed by atoms with Crippen molar-refractivity contribution >= 4 is 5.91 Å². The lowest BCUT2D eigenvalue weighted by molar-refractivity contribution is 0.0951. The van der Waals surface area contributed by atoms with Crippen LogP contribution in [0.4, 0.5) is 0 Å². The van der Waals surface area contributed by atoms with Crippen LogP contribution in [0.3, 0.4) is 0 Å². The minimum Gasteiger partial charge on any atom is -0.351 e. The van der Waals surface area contributed by atoms with Gasteiger partial charge < -0.3 is 5.32 Å². The van der Waals surface area contributed by atoms with Gasteiger partial charge in [-0.1, -0.05) is 37.3 Å². The highest BCUT2D eigenvalue weighted by molar-refractivity contribution is 5.94. The number of aromatic nitrogens is 3. The molecule has 23 heavy (non-hydrogen) atoms. The van der Waals surface area contributed by atoms with Gasteiger partial charge in [-0.25, -0.2) is 9.67 Å². The molecule has 0 spiro atoms. The van der Waals surface area contributed by atoms with E-state index in [4.69, 9.17) is 0 Å². The van der Waals surface area contributed by atoms with Gasteiger partial charge in [-0.05, 0) is 35.7 Å². The third-order valence-electron chi connectivity index (χ3n) is 3.75. The molecule has 116 valence electrons. The largest absolute Gasteiger partial charge is 0.351 e. The van der Waals surface area contributed by atoms with Crippen molar-refractivity contribution in [2.24, 2.45) is 0 Å². The zero-order chi connectivity index (χ0) is 16.1. The van der Waals surface area contributed by atoms with Crippen LogP contribution in [0.15, 0.2) is 67.3 Å². The molecule has 0 saturated carbocycles. The summed E-state index contributed by atoms with van der Waals surface area (Å²) in [6, 6.07) is 17.4. The van der Waals surface area contributed by atoms with Crippen molar-refractivity contribution in [3.8, 4) is 5.69 Å². The third kappa shape index (κ3) is 3.63. The van der Waals surface area contributed by atoms with Crippen molar-refractivity contribution in [2.45, 2.75) is 12.8 Å². The quantitative estimate of drug-likeness (QED) is 0.788. The average Bonchev–Trinajstić information content (AvgIpc) is 3.15. The highest BCUT2D eigenvalue weighted by Gasteiger charge is 2.09. The normalized spacial score (nSPS) is 11.9. The van der Waals surface area contributed by atoms with E-state index in [0.717, 1.165) is 5.69 Å². The number of carbonyl (C=O) groups is 1. The summed E-state index contributed by atoms with van der Waals surface area (Å²) < 4.78 is 1.65. The highest BCUT2D eigenvalue weighted by Crippen LogP contribution is 2.13. The molecule has 1 heterocycles. The second-order valence-electron chi connectivity index (χ2n) is 5.41. The lowest BCUT2D eigenvalue weighted by Gasteiger charge is -2.13. The summed E-state index contributed by atoms with van der Waals surface area (Å²) >= 11 is 0. The number of rotatable bonds is 5. The number of hydrogen-bond acceptors (Lipinski definition) is 3. The fraction of sp³-hybridized carbons (Fsp3) is 0.167. The minimum absolute atomic E-state index is 0.0714. The summed E-state index contributed by atoms with van der Waals surface area (Å²) in [4.78, 5) is 16.1. The third-order valence-corrected chi connectivity index (χ3v) is 3.75. The molecule has 3 aromatic rings. The molecule has 0 radical (unpaired) electrons. The zero-order valence-corrected chi connectivity index (χ0v) is 12.9. The van der Waals surface area contributed by atoms with Gasteiger partial charge >= 0.3 is 0 Å². The summed E-state index contributed by atoms with van der Waals surface area (Å²) in [7, 11) is 0. The first-order valence-corrected chi connectivity index (χ1v) is 7.52. The molecule has 0 aliphatic heterocycles. The molecule has 5 nitrogen and oxygen atoms in total. The van der Waals surface area contributed by atoms with Gasteiger partial charge in [0.1, 0.15) is 12.7 Å². The maximum atomic E-state index is 12.2. The molecule has 1 atom stereocenters. The Morgan fingerprint density at radius 2 is 1.87 bits per heavy atom. The van der Waals surface area contributed by atoms with Crippen molar-refractivity contribution in [3.05, 3.63) is 78.4 Å². The summed E-state index contributed by atoms with van der Waals surface area (Å²) in [5, 5.41) is 7.04. The molecule has 1 amide bonds. The molecule has 0 bridgehead atoms. The van der Waals surface area contributed by atoms with Crippen LogP contribution in [-0.2, 0) is 0 Å². The molecule has 3 rings (SSSR count). The summed E-state index contributed by atoms with van der Waals surface area (Å²) in [5.74, 6) is 0.201. The molecule has 1 aromatic heterocycles. The van der Waals surface area contributed by atoms with E-state index in [9.17, 15) is 4.79 Å². The Morgan fingerprint density at radius 1 is 1.13 bits per heavy atom. The van der Waals surface area contributed by atoms with Gasteiger partial charge in [0.05, 0.1) is 5.69 Å². The van der Waals surface area contributed by atoms with Crippen LogP contribution >= 0.6 is 0 Å². The van der Waals surface area contributed by atoms with E-state index in [-0.39, 0.29) is 11.8 Å². The predicted molar refractivity (Wildman–Crippen MR) is 88.5 cm³/mol. The van der Waals surface area contributed by atoms with E-state index >= 15 is 0 Å². The van der Waals surface area contributed by atoms with Crippen LogP contribution in [0.5, 0.6) is 0 Å². The first-order valence-electron chi connectivity index (χ1n) is 7.52. The van der Waals surface area contributed by atoms with Crippen LogP contribution < -0.4 is 5.32 Å². The van der Waals surface area contributed by atoms with Gasteiger partial charge in [0.2, 0.25) is 0 Å². The minimum atomic E-state index is -0.0714. The Balaban J connectivity index is 1.60. The molecule has 0 saturated heterocycles.